The molecule has 2 aliphatic rings. The number of rotatable bonds is 0. The van der Waals surface area contributed by atoms with Crippen molar-refractivity contribution in [3.05, 3.63) is 95.5 Å². The number of halogens is 2. The zero-order valence-corrected chi connectivity index (χ0v) is 27.8. The van der Waals surface area contributed by atoms with Crippen LogP contribution in [0.2, 0.25) is 0 Å². The van der Waals surface area contributed by atoms with E-state index in [1.54, 1.807) is 0 Å². The van der Waals surface area contributed by atoms with Crippen LogP contribution in [0, 0.1) is 0 Å². The summed E-state index contributed by atoms with van der Waals surface area (Å²) in [6.45, 7) is 0. The third-order valence-corrected chi connectivity index (χ3v) is 8.19. The van der Waals surface area contributed by atoms with Crippen LogP contribution >= 0.6 is 30.0 Å². The summed E-state index contributed by atoms with van der Waals surface area (Å²) in [5, 5.41) is 3.74. The van der Waals surface area contributed by atoms with Crippen LogP contribution < -0.4 is 0 Å². The second-order valence-corrected chi connectivity index (χ2v) is 10.8. The van der Waals surface area contributed by atoms with Gasteiger partial charge in [0.15, 0.2) is 23.3 Å². The lowest BCUT2D eigenvalue weighted by molar-refractivity contribution is 1.19. The van der Waals surface area contributed by atoms with E-state index in [-0.39, 0.29) is 0 Å². The van der Waals surface area contributed by atoms with E-state index in [1.807, 2.05) is 91.0 Å². The monoisotopic (exact) mass is 700 g/mol. The Labute approximate surface area is 268 Å². The molecule has 0 unspecified atom stereocenters. The van der Waals surface area contributed by atoms with Crippen molar-refractivity contribution in [2.75, 3.05) is 0 Å². The Balaban J connectivity index is 0.00000136. The van der Waals surface area contributed by atoms with E-state index in [4.69, 9.17) is 29.9 Å². The average molecular weight is 702 g/mol. The summed E-state index contributed by atoms with van der Waals surface area (Å²) in [4.78, 5) is 36.9. The van der Waals surface area contributed by atoms with Crippen LogP contribution in [0.15, 0.2) is 95.5 Å². The normalized spacial score (nSPS) is 11.6. The molecule has 2 N–H and O–H groups in total. The van der Waals surface area contributed by atoms with Gasteiger partial charge in [0.25, 0.3) is 0 Å². The zero-order valence-electron chi connectivity index (χ0n) is 22.6. The van der Waals surface area contributed by atoms with Crippen LogP contribution in [0.3, 0.4) is 0 Å². The van der Waals surface area contributed by atoms with E-state index in [2.05, 4.69) is 39.9 Å². The molecule has 3 aromatic heterocycles. The molecule has 11 heteroatoms. The Morgan fingerprint density at radius 1 is 0.419 bits per heavy atom. The fourth-order valence-electron chi connectivity index (χ4n) is 5.65. The Morgan fingerprint density at radius 2 is 0.791 bits per heavy atom. The molecule has 4 aromatic carbocycles. The number of nitrogens with zero attached hydrogens (tertiary/aromatic N) is 6. The summed E-state index contributed by atoms with van der Waals surface area (Å²) in [6, 6.07) is 30.1. The summed E-state index contributed by atoms with van der Waals surface area (Å²) >= 11 is 7.93. The Hall–Kier alpha value is -4.27. The van der Waals surface area contributed by atoms with E-state index in [9.17, 15) is 0 Å². The third kappa shape index (κ3) is 4.23. The molecule has 204 valence electrons. The lowest BCUT2D eigenvalue weighted by Crippen LogP contribution is -1.83. The van der Waals surface area contributed by atoms with E-state index in [0.29, 0.717) is 45.9 Å². The first-order valence-corrected chi connectivity index (χ1v) is 19.8. The van der Waals surface area contributed by atoms with Crippen molar-refractivity contribution < 1.29 is 0 Å². The maximum Gasteiger partial charge on any atom is 0.319 e. The molecule has 2 aliphatic heterocycles. The first-order valence-electron chi connectivity index (χ1n) is 13.5. The summed E-state index contributed by atoms with van der Waals surface area (Å²) in [7, 11) is 0. The first-order chi connectivity index (χ1) is 21.2. The molecule has 43 heavy (non-hydrogen) atoms. The standard InChI is InChI=1S/C32H17BrN8.Al.BrH.2H/c33-23-15-7-14-22-24(23)32-40-30-21-13-6-5-12-20(21)28(38-30)36-26-17-9-2-1-8-16(17)25(34-26)35-27-18-10-3-4-11-19(18)29(37-27)39-31(22)41-32;;;;/h1-15H,(H2,34,35,36,37,38,39,40,41);;1H;;/q;+1;;;/p-1. The van der Waals surface area contributed by atoms with Crippen LogP contribution in [0.4, 0.5) is 0 Å². The minimum absolute atomic E-state index is 0.580. The van der Waals surface area contributed by atoms with Crippen molar-refractivity contribution in [1.82, 2.24) is 39.9 Å². The average Bonchev–Trinajstić information content (AvgIpc) is 3.78. The molecule has 5 heterocycles. The van der Waals surface area contributed by atoms with Crippen molar-refractivity contribution in [2.45, 2.75) is 0 Å². The molecule has 0 amide bonds. The van der Waals surface area contributed by atoms with E-state index < -0.39 is 0 Å². The molecule has 8 nitrogen and oxygen atoms in total. The quantitative estimate of drug-likeness (QED) is 0.158. The van der Waals surface area contributed by atoms with E-state index >= 15 is 0 Å². The molecular weight excluding hydrogens is 683 g/mol. The van der Waals surface area contributed by atoms with Crippen molar-refractivity contribution in [3.63, 3.8) is 0 Å². The number of nitrogens with one attached hydrogen (secondary N) is 2. The summed E-state index contributed by atoms with van der Waals surface area (Å²) < 4.78 is 0.909. The van der Waals surface area contributed by atoms with Gasteiger partial charge in [-0.3, -0.25) is 0 Å². The summed E-state index contributed by atoms with van der Waals surface area (Å²) in [5.74, 6) is 2.34. The molecule has 0 fully saturated rings. The maximum absolute atomic E-state index is 5.05. The van der Waals surface area contributed by atoms with Crippen LogP contribution in [-0.2, 0) is 0 Å². The van der Waals surface area contributed by atoms with E-state index in [1.165, 1.54) is 0 Å². The number of benzene rings is 4. The van der Waals surface area contributed by atoms with Crippen LogP contribution in [0.1, 0.15) is 0 Å². The lowest BCUT2D eigenvalue weighted by Gasteiger charge is -1.96. The molecular formula is C32H19AlBr2N8. The minimum Gasteiger partial charge on any atom is -0.324 e. The molecule has 0 atom stereocenters. The largest absolute Gasteiger partial charge is 0.324 e. The number of fused-ring (bicyclic) bond motifs is 20. The molecule has 9 rings (SSSR count). The van der Waals surface area contributed by atoms with Gasteiger partial charge in [0.2, 0.25) is 0 Å². The molecule has 0 saturated carbocycles. The predicted octanol–water partition coefficient (Wildman–Crippen LogP) is 7.56. The van der Waals surface area contributed by atoms with Crippen LogP contribution in [0.5, 0.6) is 0 Å². The van der Waals surface area contributed by atoms with Crippen molar-refractivity contribution >= 4 is 88.6 Å². The minimum atomic E-state index is 0.580. The van der Waals surface area contributed by atoms with Gasteiger partial charge in [0.1, 0.15) is 22.6 Å². The van der Waals surface area contributed by atoms with E-state index in [0.717, 1.165) is 62.7 Å². The third-order valence-electron chi connectivity index (χ3n) is 7.53. The molecule has 0 radical (unpaired) electrons. The second-order valence-electron chi connectivity index (χ2n) is 9.91. The van der Waals surface area contributed by atoms with Crippen molar-refractivity contribution in [2.24, 2.45) is 0 Å². The maximum atomic E-state index is 5.05. The predicted molar refractivity (Wildman–Crippen MR) is 181 cm³/mol. The molecule has 7 aromatic rings. The smallest absolute Gasteiger partial charge is 0.319 e. The Kier molecular flexibility index (Phi) is 6.42. The van der Waals surface area contributed by atoms with Gasteiger partial charge < -0.3 is 9.97 Å². The zero-order chi connectivity index (χ0) is 29.1. The lowest BCUT2D eigenvalue weighted by atomic mass is 10.1. The highest BCUT2D eigenvalue weighted by molar-refractivity contribution is 9.22. The summed E-state index contributed by atoms with van der Waals surface area (Å²) in [5.41, 5.74) is 6.34. The van der Waals surface area contributed by atoms with Gasteiger partial charge in [-0.25, -0.2) is 44.0 Å². The number of aromatic amines is 2. The van der Waals surface area contributed by atoms with Crippen LogP contribution in [0.25, 0.3) is 89.7 Å². The second kappa shape index (κ2) is 10.5. The number of hydrogen-bond acceptors (Lipinski definition) is 6. The highest BCUT2D eigenvalue weighted by Gasteiger charge is 2.22. The number of H-pyrrole nitrogens is 2. The van der Waals surface area contributed by atoms with Gasteiger partial charge in [-0.2, -0.15) is 0 Å². The topological polar surface area (TPSA) is 109 Å². The van der Waals surface area contributed by atoms with Gasteiger partial charge in [-0.05, 0) is 6.07 Å². The number of aromatic nitrogens is 8. The Bertz CT molecular complexity index is 2410. The fourth-order valence-corrected chi connectivity index (χ4v) is 6.20. The van der Waals surface area contributed by atoms with Crippen LogP contribution in [-0.4, -0.2) is 54.3 Å². The molecule has 0 saturated heterocycles. The Morgan fingerprint density at radius 3 is 1.28 bits per heavy atom. The van der Waals surface area contributed by atoms with Crippen molar-refractivity contribution in [1.29, 1.82) is 0 Å². The number of hydrogen-bond donors (Lipinski definition) is 2. The van der Waals surface area contributed by atoms with Gasteiger partial charge >= 0.3 is 14.5 Å². The van der Waals surface area contributed by atoms with Gasteiger partial charge in [-0.15, -0.1) is 0 Å². The van der Waals surface area contributed by atoms with Gasteiger partial charge in [0, 0.05) is 48.3 Å². The van der Waals surface area contributed by atoms with Gasteiger partial charge in [0.05, 0.1) is 0 Å². The highest BCUT2D eigenvalue weighted by atomic mass is 79.9. The summed E-state index contributed by atoms with van der Waals surface area (Å²) in [6.07, 6.45) is 0. The molecule has 0 spiro atoms. The van der Waals surface area contributed by atoms with Gasteiger partial charge in [-0.1, -0.05) is 101 Å². The van der Waals surface area contributed by atoms with Crippen molar-refractivity contribution in [3.8, 4) is 45.6 Å². The SMILES string of the molecule is Brc1cccc2c3nc4nc(nc5[nH]c(nc6nc(nc([nH]3)c12)-c1ccccc1-6)c1ccccc51)-c1ccccc1-4.[AlH2][Br]. The molecule has 0 aliphatic carbocycles. The first kappa shape index (κ1) is 26.4. The molecule has 8 bridgehead atoms. The highest BCUT2D eigenvalue weighted by Crippen LogP contribution is 2.37. The fraction of sp³-hybridized carbons (Fsp3) is 0.